The first-order chi connectivity index (χ1) is 6.88. The second kappa shape index (κ2) is 4.36. The summed E-state index contributed by atoms with van der Waals surface area (Å²) in [5.74, 6) is -0.283. The lowest BCUT2D eigenvalue weighted by Crippen LogP contribution is -2.09. The molecule has 0 saturated carbocycles. The fourth-order valence-corrected chi connectivity index (χ4v) is 1.24. The van der Waals surface area contributed by atoms with Gasteiger partial charge >= 0.3 is 5.82 Å². The number of hydrogen-bond acceptors (Lipinski definition) is 6. The van der Waals surface area contributed by atoms with Gasteiger partial charge in [-0.1, -0.05) is 0 Å². The lowest BCUT2D eigenvalue weighted by atomic mass is 10.6. The van der Waals surface area contributed by atoms with E-state index in [1.165, 1.54) is 17.1 Å². The van der Waals surface area contributed by atoms with Crippen LogP contribution in [0.1, 0.15) is 0 Å². The van der Waals surface area contributed by atoms with E-state index in [1.807, 2.05) is 0 Å². The fraction of sp³-hybridized carbons (Fsp3) is 0.500. The highest BCUT2D eigenvalue weighted by Crippen LogP contribution is 2.05. The van der Waals surface area contributed by atoms with E-state index in [4.69, 9.17) is 0 Å². The summed E-state index contributed by atoms with van der Waals surface area (Å²) < 4.78 is 27.0. The van der Waals surface area contributed by atoms with Crippen LogP contribution in [-0.2, 0) is 20.8 Å². The second-order valence-corrected chi connectivity index (χ2v) is 4.40. The van der Waals surface area contributed by atoms with Crippen LogP contribution in [0, 0.1) is 10.1 Å². The van der Waals surface area contributed by atoms with Crippen molar-refractivity contribution < 1.29 is 17.5 Å². The molecule has 0 bridgehead atoms. The Hall–Kier alpha value is -1.48. The maximum absolute atomic E-state index is 10.6. The van der Waals surface area contributed by atoms with Gasteiger partial charge in [-0.3, -0.25) is 4.18 Å². The number of nitro groups is 1. The summed E-state index contributed by atoms with van der Waals surface area (Å²) >= 11 is 0. The maximum atomic E-state index is 10.6. The Balaban J connectivity index is 2.48. The fourth-order valence-electron chi connectivity index (χ4n) is 0.859. The Morgan fingerprint density at radius 1 is 1.67 bits per heavy atom. The van der Waals surface area contributed by atoms with Crippen LogP contribution in [0.15, 0.2) is 12.5 Å². The molecule has 0 spiro atoms. The van der Waals surface area contributed by atoms with Crippen molar-refractivity contribution in [3.8, 4) is 0 Å². The van der Waals surface area contributed by atoms with Crippen LogP contribution in [0.25, 0.3) is 0 Å². The molecule has 0 unspecified atom stereocenters. The van der Waals surface area contributed by atoms with Crippen LogP contribution < -0.4 is 0 Å². The summed E-state index contributed by atoms with van der Waals surface area (Å²) in [6.45, 7) is 0.111. The topological polar surface area (TPSA) is 104 Å². The third-order valence-electron chi connectivity index (χ3n) is 1.45. The molecule has 9 heteroatoms. The first kappa shape index (κ1) is 11.6. The van der Waals surface area contributed by atoms with Crippen LogP contribution in [-0.4, -0.2) is 35.8 Å². The van der Waals surface area contributed by atoms with Crippen molar-refractivity contribution in [2.45, 2.75) is 6.54 Å². The molecule has 1 aromatic heterocycles. The minimum absolute atomic E-state index is 0.0770. The van der Waals surface area contributed by atoms with E-state index < -0.39 is 15.0 Å². The highest BCUT2D eigenvalue weighted by molar-refractivity contribution is 7.85. The molecule has 15 heavy (non-hydrogen) atoms. The SMILES string of the molecule is CS(=O)(=O)OCCn1cnc([N+](=O)[O-])c1. The van der Waals surface area contributed by atoms with Gasteiger partial charge in [0.25, 0.3) is 10.1 Å². The van der Waals surface area contributed by atoms with Crippen molar-refractivity contribution in [3.05, 3.63) is 22.6 Å². The molecule has 0 atom stereocenters. The van der Waals surface area contributed by atoms with Crippen LogP contribution in [0.5, 0.6) is 0 Å². The van der Waals surface area contributed by atoms with Gasteiger partial charge in [-0.2, -0.15) is 8.42 Å². The number of aromatic nitrogens is 2. The van der Waals surface area contributed by atoms with Crippen molar-refractivity contribution in [2.75, 3.05) is 12.9 Å². The van der Waals surface area contributed by atoms with E-state index in [1.54, 1.807) is 0 Å². The normalized spacial score (nSPS) is 11.5. The molecule has 0 aliphatic heterocycles. The zero-order chi connectivity index (χ0) is 11.5. The molecule has 1 aromatic rings. The molecule has 0 saturated heterocycles. The third kappa shape index (κ3) is 4.04. The lowest BCUT2D eigenvalue weighted by molar-refractivity contribution is -0.389. The van der Waals surface area contributed by atoms with E-state index in [0.29, 0.717) is 0 Å². The van der Waals surface area contributed by atoms with Crippen molar-refractivity contribution >= 4 is 15.9 Å². The Kier molecular flexibility index (Phi) is 3.37. The summed E-state index contributed by atoms with van der Waals surface area (Å²) in [4.78, 5) is 13.1. The van der Waals surface area contributed by atoms with Gasteiger partial charge in [-0.25, -0.2) is 0 Å². The van der Waals surface area contributed by atoms with Gasteiger partial charge in [0.2, 0.25) is 6.33 Å². The molecule has 84 valence electrons. The summed E-state index contributed by atoms with van der Waals surface area (Å²) in [7, 11) is -3.47. The molecule has 1 rings (SSSR count). The van der Waals surface area contributed by atoms with Crippen molar-refractivity contribution in [2.24, 2.45) is 0 Å². The van der Waals surface area contributed by atoms with E-state index >= 15 is 0 Å². The third-order valence-corrected chi connectivity index (χ3v) is 2.05. The van der Waals surface area contributed by atoms with Crippen molar-refractivity contribution in [1.82, 2.24) is 9.55 Å². The zero-order valence-electron chi connectivity index (χ0n) is 7.86. The van der Waals surface area contributed by atoms with Crippen LogP contribution in [0.4, 0.5) is 5.82 Å². The second-order valence-electron chi connectivity index (χ2n) is 2.75. The van der Waals surface area contributed by atoms with Crippen LogP contribution in [0.3, 0.4) is 0 Å². The summed E-state index contributed by atoms with van der Waals surface area (Å²) in [6, 6.07) is 0. The quantitative estimate of drug-likeness (QED) is 0.396. The van der Waals surface area contributed by atoms with E-state index in [0.717, 1.165) is 6.26 Å². The van der Waals surface area contributed by atoms with Crippen molar-refractivity contribution in [3.63, 3.8) is 0 Å². The average Bonchev–Trinajstić information content (AvgIpc) is 2.50. The molecule has 0 amide bonds. The predicted octanol–water partition coefficient (Wildman–Crippen LogP) is -0.233. The molecule has 0 N–H and O–H groups in total. The molecule has 0 aliphatic carbocycles. The summed E-state index contributed by atoms with van der Waals surface area (Å²) in [6.07, 6.45) is 3.37. The number of hydrogen-bond donors (Lipinski definition) is 0. The van der Waals surface area contributed by atoms with Gasteiger partial charge in [-0.05, 0) is 9.91 Å². The highest BCUT2D eigenvalue weighted by atomic mass is 32.2. The first-order valence-electron chi connectivity index (χ1n) is 3.89. The first-order valence-corrected chi connectivity index (χ1v) is 5.71. The minimum Gasteiger partial charge on any atom is -0.358 e. The largest absolute Gasteiger partial charge is 0.381 e. The van der Waals surface area contributed by atoms with E-state index in [9.17, 15) is 18.5 Å². The standard InChI is InChI=1S/C6H9N3O5S/c1-15(12,13)14-3-2-8-4-6(7-5-8)9(10)11/h4-5H,2-3H2,1H3. The highest BCUT2D eigenvalue weighted by Gasteiger charge is 2.09. The van der Waals surface area contributed by atoms with E-state index in [2.05, 4.69) is 9.17 Å². The van der Waals surface area contributed by atoms with Gasteiger partial charge in [-0.15, -0.1) is 0 Å². The number of rotatable bonds is 5. The number of nitrogens with zero attached hydrogens (tertiary/aromatic N) is 3. The molecule has 0 aromatic carbocycles. The molecule has 0 fully saturated rings. The maximum Gasteiger partial charge on any atom is 0.381 e. The Labute approximate surface area is 85.8 Å². The van der Waals surface area contributed by atoms with Crippen LogP contribution in [0.2, 0.25) is 0 Å². The molecular weight excluding hydrogens is 226 g/mol. The monoisotopic (exact) mass is 235 g/mol. The zero-order valence-corrected chi connectivity index (χ0v) is 8.68. The van der Waals surface area contributed by atoms with E-state index in [-0.39, 0.29) is 19.0 Å². The molecular formula is C6H9N3O5S. The van der Waals surface area contributed by atoms with Gasteiger partial charge in [0, 0.05) is 0 Å². The minimum atomic E-state index is -3.47. The average molecular weight is 235 g/mol. The Morgan fingerprint density at radius 3 is 2.80 bits per heavy atom. The number of imidazole rings is 1. The smallest absolute Gasteiger partial charge is 0.358 e. The van der Waals surface area contributed by atoms with Gasteiger partial charge in [0.05, 0.1) is 19.4 Å². The summed E-state index contributed by atoms with van der Waals surface area (Å²) in [5, 5.41) is 10.2. The molecule has 0 aliphatic rings. The summed E-state index contributed by atoms with van der Waals surface area (Å²) in [5.41, 5.74) is 0. The molecule has 8 nitrogen and oxygen atoms in total. The van der Waals surface area contributed by atoms with Crippen LogP contribution >= 0.6 is 0 Å². The van der Waals surface area contributed by atoms with Gasteiger partial charge < -0.3 is 14.7 Å². The van der Waals surface area contributed by atoms with Crippen molar-refractivity contribution in [1.29, 1.82) is 0 Å². The van der Waals surface area contributed by atoms with Gasteiger partial charge in [0.15, 0.2) is 0 Å². The van der Waals surface area contributed by atoms with Gasteiger partial charge in [0.1, 0.15) is 6.20 Å². The molecule has 1 heterocycles. The Morgan fingerprint density at radius 2 is 2.33 bits per heavy atom. The predicted molar refractivity (Wildman–Crippen MR) is 49.7 cm³/mol. The Bertz CT molecular complexity index is 451. The molecule has 0 radical (unpaired) electrons. The lowest BCUT2D eigenvalue weighted by Gasteiger charge is -2.00.